The number of anilines is 1. The lowest BCUT2D eigenvalue weighted by atomic mass is 10.2. The van der Waals surface area contributed by atoms with Crippen LogP contribution in [-0.4, -0.2) is 5.75 Å². The van der Waals surface area contributed by atoms with E-state index in [9.17, 15) is 0 Å². The van der Waals surface area contributed by atoms with Crippen LogP contribution in [0.1, 0.15) is 5.56 Å². The number of hydrogen-bond donors (Lipinski definition) is 1. The van der Waals surface area contributed by atoms with Crippen LogP contribution in [0.25, 0.3) is 0 Å². The minimum atomic E-state index is 0.659. The maximum Gasteiger partial charge on any atom is 0.0334 e. The topological polar surface area (TPSA) is 26.0 Å². The number of nitrogen functional groups attached to an aromatic ring is 1. The molecule has 70 valence electrons. The van der Waals surface area contributed by atoms with Gasteiger partial charge in [0.2, 0.25) is 0 Å². The van der Waals surface area contributed by atoms with E-state index in [0.29, 0.717) is 5.03 Å². The molecule has 13 heavy (non-hydrogen) atoms. The van der Waals surface area contributed by atoms with E-state index in [1.54, 1.807) is 11.8 Å². The molecule has 0 fully saturated rings. The number of aryl methyl sites for hydroxylation is 1. The lowest BCUT2D eigenvalue weighted by Crippen LogP contribution is -1.88. The van der Waals surface area contributed by atoms with Crippen molar-refractivity contribution in [3.05, 3.63) is 35.4 Å². The molecule has 0 atom stereocenters. The molecule has 0 aliphatic rings. The van der Waals surface area contributed by atoms with Crippen molar-refractivity contribution < 1.29 is 0 Å². The van der Waals surface area contributed by atoms with Crippen LogP contribution in [0.15, 0.2) is 34.7 Å². The SMILES string of the molecule is C=C(Cl)CSc1cc(N)ccc1C. The zero-order valence-electron chi connectivity index (χ0n) is 7.51. The summed E-state index contributed by atoms with van der Waals surface area (Å²) in [7, 11) is 0. The molecule has 0 unspecified atom stereocenters. The van der Waals surface area contributed by atoms with E-state index in [1.165, 1.54) is 10.5 Å². The van der Waals surface area contributed by atoms with Crippen LogP contribution in [0.3, 0.4) is 0 Å². The Morgan fingerprint density at radius 3 is 2.92 bits per heavy atom. The number of halogens is 1. The molecule has 0 aliphatic carbocycles. The Morgan fingerprint density at radius 1 is 1.62 bits per heavy atom. The molecule has 0 saturated heterocycles. The van der Waals surface area contributed by atoms with Gasteiger partial charge in [-0.2, -0.15) is 0 Å². The van der Waals surface area contributed by atoms with Gasteiger partial charge in [0.1, 0.15) is 0 Å². The Labute approximate surface area is 88.0 Å². The van der Waals surface area contributed by atoms with Gasteiger partial charge in [-0.25, -0.2) is 0 Å². The summed E-state index contributed by atoms with van der Waals surface area (Å²) in [5.74, 6) is 0.728. The molecule has 0 amide bonds. The van der Waals surface area contributed by atoms with Gasteiger partial charge in [-0.3, -0.25) is 0 Å². The number of nitrogens with two attached hydrogens (primary N) is 1. The number of benzene rings is 1. The fraction of sp³-hybridized carbons (Fsp3) is 0.200. The molecule has 1 nitrogen and oxygen atoms in total. The standard InChI is InChI=1S/C10H12ClNS/c1-7-3-4-9(12)5-10(7)13-6-8(2)11/h3-5H,2,6,12H2,1H3. The third-order valence-electron chi connectivity index (χ3n) is 1.60. The van der Waals surface area contributed by atoms with Gasteiger partial charge in [0.25, 0.3) is 0 Å². The van der Waals surface area contributed by atoms with E-state index in [4.69, 9.17) is 17.3 Å². The normalized spacial score (nSPS) is 10.0. The number of thioether (sulfide) groups is 1. The van der Waals surface area contributed by atoms with Crippen LogP contribution in [0.4, 0.5) is 5.69 Å². The molecule has 3 heteroatoms. The molecule has 1 aromatic carbocycles. The van der Waals surface area contributed by atoms with E-state index < -0.39 is 0 Å². The lowest BCUT2D eigenvalue weighted by molar-refractivity contribution is 1.30. The van der Waals surface area contributed by atoms with Crippen LogP contribution in [0.5, 0.6) is 0 Å². The van der Waals surface area contributed by atoms with Crippen LogP contribution < -0.4 is 5.73 Å². The third-order valence-corrected chi connectivity index (χ3v) is 3.13. The average molecular weight is 214 g/mol. The van der Waals surface area contributed by atoms with Gasteiger partial charge in [0.05, 0.1) is 0 Å². The summed E-state index contributed by atoms with van der Waals surface area (Å²) in [5.41, 5.74) is 7.67. The highest BCUT2D eigenvalue weighted by Gasteiger charge is 1.99. The minimum absolute atomic E-state index is 0.659. The monoisotopic (exact) mass is 213 g/mol. The van der Waals surface area contributed by atoms with E-state index in [-0.39, 0.29) is 0 Å². The number of hydrogen-bond acceptors (Lipinski definition) is 2. The van der Waals surface area contributed by atoms with Gasteiger partial charge in [0, 0.05) is 21.4 Å². The summed E-state index contributed by atoms with van der Waals surface area (Å²) in [6, 6.07) is 5.86. The minimum Gasteiger partial charge on any atom is -0.399 e. The molecule has 1 aromatic rings. The second-order valence-electron chi connectivity index (χ2n) is 2.83. The Balaban J connectivity index is 2.75. The Morgan fingerprint density at radius 2 is 2.31 bits per heavy atom. The van der Waals surface area contributed by atoms with E-state index in [1.807, 2.05) is 18.2 Å². The maximum absolute atomic E-state index is 5.67. The Bertz CT molecular complexity index is 323. The Kier molecular flexibility index (Phi) is 3.70. The van der Waals surface area contributed by atoms with Gasteiger partial charge in [-0.1, -0.05) is 24.2 Å². The van der Waals surface area contributed by atoms with Crippen molar-refractivity contribution in [2.45, 2.75) is 11.8 Å². The largest absolute Gasteiger partial charge is 0.399 e. The van der Waals surface area contributed by atoms with Gasteiger partial charge in [-0.05, 0) is 24.6 Å². The molecule has 0 spiro atoms. The molecule has 0 bridgehead atoms. The first-order chi connectivity index (χ1) is 6.09. The zero-order valence-corrected chi connectivity index (χ0v) is 9.08. The quantitative estimate of drug-likeness (QED) is 0.615. The van der Waals surface area contributed by atoms with Crippen LogP contribution in [-0.2, 0) is 0 Å². The van der Waals surface area contributed by atoms with Crippen molar-refractivity contribution >= 4 is 29.1 Å². The molecule has 1 rings (SSSR count). The van der Waals surface area contributed by atoms with Crippen molar-refractivity contribution in [2.24, 2.45) is 0 Å². The molecular formula is C10H12ClNS. The van der Waals surface area contributed by atoms with Gasteiger partial charge >= 0.3 is 0 Å². The molecule has 2 N–H and O–H groups in total. The number of rotatable bonds is 3. The Hall–Kier alpha value is -0.600. The predicted octanol–water partition coefficient (Wildman–Crippen LogP) is 3.42. The van der Waals surface area contributed by atoms with Crippen LogP contribution >= 0.6 is 23.4 Å². The highest BCUT2D eigenvalue weighted by Crippen LogP contribution is 2.26. The van der Waals surface area contributed by atoms with Crippen molar-refractivity contribution in [3.8, 4) is 0 Å². The third kappa shape index (κ3) is 3.33. The predicted molar refractivity (Wildman–Crippen MR) is 61.3 cm³/mol. The van der Waals surface area contributed by atoms with Crippen molar-refractivity contribution in [2.75, 3.05) is 11.5 Å². The second-order valence-corrected chi connectivity index (χ2v) is 4.38. The first-order valence-electron chi connectivity index (χ1n) is 3.92. The molecular weight excluding hydrogens is 202 g/mol. The summed E-state index contributed by atoms with van der Waals surface area (Å²) >= 11 is 7.33. The lowest BCUT2D eigenvalue weighted by Gasteiger charge is -2.05. The first-order valence-corrected chi connectivity index (χ1v) is 5.28. The van der Waals surface area contributed by atoms with E-state index >= 15 is 0 Å². The fourth-order valence-electron chi connectivity index (χ4n) is 0.928. The highest BCUT2D eigenvalue weighted by molar-refractivity contribution is 7.99. The summed E-state index contributed by atoms with van der Waals surface area (Å²) in [4.78, 5) is 1.17. The molecule has 0 radical (unpaired) electrons. The van der Waals surface area contributed by atoms with Crippen molar-refractivity contribution in [1.29, 1.82) is 0 Å². The van der Waals surface area contributed by atoms with Crippen molar-refractivity contribution in [3.63, 3.8) is 0 Å². The molecule has 0 aliphatic heterocycles. The van der Waals surface area contributed by atoms with Crippen LogP contribution in [0, 0.1) is 6.92 Å². The van der Waals surface area contributed by atoms with Gasteiger partial charge in [-0.15, -0.1) is 11.8 Å². The highest BCUT2D eigenvalue weighted by atomic mass is 35.5. The van der Waals surface area contributed by atoms with Gasteiger partial charge in [0.15, 0.2) is 0 Å². The van der Waals surface area contributed by atoms with E-state index in [0.717, 1.165) is 11.4 Å². The molecule has 0 saturated carbocycles. The van der Waals surface area contributed by atoms with Crippen molar-refractivity contribution in [1.82, 2.24) is 0 Å². The summed E-state index contributed by atoms with van der Waals surface area (Å²) in [5, 5.41) is 0.659. The maximum atomic E-state index is 5.67. The fourth-order valence-corrected chi connectivity index (χ4v) is 1.92. The summed E-state index contributed by atoms with van der Waals surface area (Å²) in [6.45, 7) is 5.69. The van der Waals surface area contributed by atoms with E-state index in [2.05, 4.69) is 13.5 Å². The smallest absolute Gasteiger partial charge is 0.0334 e. The summed E-state index contributed by atoms with van der Waals surface area (Å²) < 4.78 is 0. The van der Waals surface area contributed by atoms with Crippen LogP contribution in [0.2, 0.25) is 0 Å². The molecule has 0 aromatic heterocycles. The first kappa shape index (κ1) is 10.5. The summed E-state index contributed by atoms with van der Waals surface area (Å²) in [6.07, 6.45) is 0. The molecule has 0 heterocycles. The van der Waals surface area contributed by atoms with Gasteiger partial charge < -0.3 is 5.73 Å². The second kappa shape index (κ2) is 4.58. The average Bonchev–Trinajstić information content (AvgIpc) is 2.06. The zero-order chi connectivity index (χ0) is 9.84.